The van der Waals surface area contributed by atoms with E-state index in [4.69, 9.17) is 9.52 Å². The second kappa shape index (κ2) is 6.88. The molecule has 0 amide bonds. The van der Waals surface area contributed by atoms with Gasteiger partial charge in [0, 0.05) is 19.6 Å². The number of hydrogen-bond donors (Lipinski definition) is 4. The fraction of sp³-hybridized carbons (Fsp3) is 0.385. The third-order valence-corrected chi connectivity index (χ3v) is 2.82. The molecule has 20 heavy (non-hydrogen) atoms. The number of furan rings is 1. The zero-order chi connectivity index (χ0) is 14.4. The van der Waals surface area contributed by atoms with E-state index in [1.165, 1.54) is 0 Å². The number of aliphatic hydroxyl groups excluding tert-OH is 1. The van der Waals surface area contributed by atoms with E-state index in [1.54, 1.807) is 18.4 Å². The molecule has 1 heterocycles. The molecular formula is C13H17N3O4. The van der Waals surface area contributed by atoms with Gasteiger partial charge < -0.3 is 25.5 Å². The highest BCUT2D eigenvalue weighted by atomic mass is 16.3. The first kappa shape index (κ1) is 14.3. The Morgan fingerprint density at radius 2 is 1.80 bits per heavy atom. The summed E-state index contributed by atoms with van der Waals surface area (Å²) in [5, 5.41) is 17.4. The molecule has 7 heteroatoms. The molecule has 0 aliphatic rings. The lowest BCUT2D eigenvalue weighted by atomic mass is 10.2. The molecule has 7 nitrogen and oxygen atoms in total. The first-order valence-electron chi connectivity index (χ1n) is 6.39. The molecule has 2 aromatic rings. The summed E-state index contributed by atoms with van der Waals surface area (Å²) in [6.45, 7) is 2.01. The largest absolute Gasteiger partial charge is 0.467 e. The van der Waals surface area contributed by atoms with Gasteiger partial charge in [-0.15, -0.1) is 0 Å². The highest BCUT2D eigenvalue weighted by Crippen LogP contribution is 2.15. The van der Waals surface area contributed by atoms with Crippen molar-refractivity contribution in [1.82, 2.24) is 5.32 Å². The lowest BCUT2D eigenvalue weighted by Crippen LogP contribution is -2.38. The molecule has 0 aliphatic carbocycles. The van der Waals surface area contributed by atoms with E-state index in [-0.39, 0.29) is 6.61 Å². The molecule has 0 unspecified atom stereocenters. The van der Waals surface area contributed by atoms with Gasteiger partial charge in [-0.2, -0.15) is 0 Å². The fourth-order valence-corrected chi connectivity index (χ4v) is 1.80. The van der Waals surface area contributed by atoms with Crippen LogP contribution in [-0.4, -0.2) is 31.3 Å². The summed E-state index contributed by atoms with van der Waals surface area (Å²) in [4.78, 5) is 22.9. The van der Waals surface area contributed by atoms with Gasteiger partial charge in [0.25, 0.3) is 10.9 Å². The Labute approximate surface area is 115 Å². The zero-order valence-corrected chi connectivity index (χ0v) is 10.9. The topological polar surface area (TPSA) is 104 Å². The summed E-state index contributed by atoms with van der Waals surface area (Å²) in [6.07, 6.45) is 1.55. The Morgan fingerprint density at radius 1 is 1.05 bits per heavy atom. The van der Waals surface area contributed by atoms with E-state index in [9.17, 15) is 9.59 Å². The number of rotatable bonds is 9. The molecule has 108 valence electrons. The van der Waals surface area contributed by atoms with Crippen molar-refractivity contribution in [3.63, 3.8) is 0 Å². The Balaban J connectivity index is 1.85. The summed E-state index contributed by atoms with van der Waals surface area (Å²) in [5.74, 6) is 0.689. The van der Waals surface area contributed by atoms with Crippen LogP contribution < -0.4 is 26.8 Å². The molecule has 2 rings (SSSR count). The minimum Gasteiger partial charge on any atom is -0.467 e. The normalized spacial score (nSPS) is 10.8. The first-order chi connectivity index (χ1) is 9.74. The summed E-state index contributed by atoms with van der Waals surface area (Å²) in [6, 6.07) is 3.54. The van der Waals surface area contributed by atoms with Crippen LogP contribution in [-0.2, 0) is 6.54 Å². The van der Waals surface area contributed by atoms with Gasteiger partial charge >= 0.3 is 0 Å². The van der Waals surface area contributed by atoms with Crippen molar-refractivity contribution < 1.29 is 9.52 Å². The monoisotopic (exact) mass is 279 g/mol. The van der Waals surface area contributed by atoms with Gasteiger partial charge in [-0.05, 0) is 12.1 Å². The minimum atomic E-state index is -0.512. The minimum absolute atomic E-state index is 0.0655. The number of aliphatic hydroxyl groups is 1. The van der Waals surface area contributed by atoms with E-state index >= 15 is 0 Å². The van der Waals surface area contributed by atoms with Crippen LogP contribution in [0.5, 0.6) is 0 Å². The predicted octanol–water partition coefficient (Wildman–Crippen LogP) is -0.518. The summed E-state index contributed by atoms with van der Waals surface area (Å²) in [7, 11) is 0. The molecule has 0 bridgehead atoms. The highest BCUT2D eigenvalue weighted by molar-refractivity contribution is 5.73. The maximum Gasteiger partial charge on any atom is 0.253 e. The smallest absolute Gasteiger partial charge is 0.253 e. The number of nitrogens with one attached hydrogen (secondary N) is 3. The Morgan fingerprint density at radius 3 is 2.45 bits per heavy atom. The molecule has 0 radical (unpaired) electrons. The SMILES string of the molecule is O=c1c(NCCNCCO)c(NCc2ccco2)c1=O. The van der Waals surface area contributed by atoms with Crippen LogP contribution in [0, 0.1) is 0 Å². The van der Waals surface area contributed by atoms with Crippen LogP contribution in [0.15, 0.2) is 32.4 Å². The van der Waals surface area contributed by atoms with Gasteiger partial charge in [-0.25, -0.2) is 0 Å². The van der Waals surface area contributed by atoms with E-state index < -0.39 is 10.9 Å². The third-order valence-electron chi connectivity index (χ3n) is 2.82. The quantitative estimate of drug-likeness (QED) is 0.362. The zero-order valence-electron chi connectivity index (χ0n) is 10.9. The van der Waals surface area contributed by atoms with Gasteiger partial charge in [0.2, 0.25) is 0 Å². The van der Waals surface area contributed by atoms with Gasteiger partial charge in [-0.1, -0.05) is 0 Å². The van der Waals surface area contributed by atoms with Crippen molar-refractivity contribution in [3.8, 4) is 0 Å². The van der Waals surface area contributed by atoms with Crippen LogP contribution in [0.2, 0.25) is 0 Å². The fourth-order valence-electron chi connectivity index (χ4n) is 1.80. The lowest BCUT2D eigenvalue weighted by molar-refractivity contribution is 0.293. The molecule has 1 aromatic carbocycles. The van der Waals surface area contributed by atoms with Gasteiger partial charge in [-0.3, -0.25) is 9.59 Å². The summed E-state index contributed by atoms with van der Waals surface area (Å²) in [5.41, 5.74) is -0.405. The van der Waals surface area contributed by atoms with E-state index in [1.807, 2.05) is 0 Å². The van der Waals surface area contributed by atoms with Gasteiger partial charge in [0.05, 0.1) is 19.4 Å². The maximum atomic E-state index is 11.5. The average molecular weight is 279 g/mol. The standard InChI is InChI=1S/C13H17N3O4/c17-6-5-14-3-4-15-10-11(13(19)12(10)18)16-8-9-2-1-7-20-9/h1-2,7,14-17H,3-6,8H2. The summed E-state index contributed by atoms with van der Waals surface area (Å²) >= 11 is 0. The molecule has 1 aromatic heterocycles. The first-order valence-corrected chi connectivity index (χ1v) is 6.39. The van der Waals surface area contributed by atoms with Crippen LogP contribution in [0.25, 0.3) is 0 Å². The number of anilines is 2. The van der Waals surface area contributed by atoms with E-state index in [2.05, 4.69) is 16.0 Å². The maximum absolute atomic E-state index is 11.5. The molecule has 0 spiro atoms. The van der Waals surface area contributed by atoms with Crippen LogP contribution >= 0.6 is 0 Å². The van der Waals surface area contributed by atoms with Crippen molar-refractivity contribution >= 4 is 11.4 Å². The second-order valence-electron chi connectivity index (χ2n) is 4.24. The molecule has 4 N–H and O–H groups in total. The third kappa shape index (κ3) is 3.25. The molecule has 0 saturated heterocycles. The molecule has 0 fully saturated rings. The van der Waals surface area contributed by atoms with E-state index in [0.717, 1.165) is 0 Å². The predicted molar refractivity (Wildman–Crippen MR) is 75.8 cm³/mol. The van der Waals surface area contributed by atoms with Crippen molar-refractivity contribution in [3.05, 3.63) is 44.6 Å². The highest BCUT2D eigenvalue weighted by Gasteiger charge is 2.20. The van der Waals surface area contributed by atoms with Crippen molar-refractivity contribution in [2.24, 2.45) is 0 Å². The Bertz CT molecular complexity index is 599. The van der Waals surface area contributed by atoms with Crippen molar-refractivity contribution in [1.29, 1.82) is 0 Å². The van der Waals surface area contributed by atoms with Crippen LogP contribution in [0.1, 0.15) is 5.76 Å². The Hall–Kier alpha value is -2.12. The van der Waals surface area contributed by atoms with Gasteiger partial charge in [0.1, 0.15) is 17.1 Å². The molecule has 0 aliphatic heterocycles. The molecule has 0 atom stereocenters. The molecule has 0 saturated carbocycles. The summed E-state index contributed by atoms with van der Waals surface area (Å²) < 4.78 is 5.14. The van der Waals surface area contributed by atoms with Crippen LogP contribution in [0.4, 0.5) is 11.4 Å². The van der Waals surface area contributed by atoms with Crippen molar-refractivity contribution in [2.45, 2.75) is 6.54 Å². The lowest BCUT2D eigenvalue weighted by Gasteiger charge is -2.14. The van der Waals surface area contributed by atoms with Gasteiger partial charge in [0.15, 0.2) is 0 Å². The van der Waals surface area contributed by atoms with Crippen LogP contribution in [0.3, 0.4) is 0 Å². The molecular weight excluding hydrogens is 262 g/mol. The average Bonchev–Trinajstić information content (AvgIpc) is 2.97. The number of hydrogen-bond acceptors (Lipinski definition) is 7. The van der Waals surface area contributed by atoms with Crippen molar-refractivity contribution in [2.75, 3.05) is 36.9 Å². The Kier molecular flexibility index (Phi) is 4.91. The van der Waals surface area contributed by atoms with E-state index in [0.29, 0.717) is 43.3 Å². The second-order valence-corrected chi connectivity index (χ2v) is 4.24.